The molecule has 0 saturated carbocycles. The van der Waals surface area contributed by atoms with Crippen LogP contribution >= 0.6 is 0 Å². The van der Waals surface area contributed by atoms with E-state index in [1.165, 1.54) is 23.3 Å². The molecule has 4 rings (SSSR count). The van der Waals surface area contributed by atoms with E-state index < -0.39 is 16.1 Å². The van der Waals surface area contributed by atoms with Gasteiger partial charge in [0.05, 0.1) is 15.9 Å². The molecule has 0 fully saturated rings. The number of hydrogen-bond donors (Lipinski definition) is 3. The molecule has 8 nitrogen and oxygen atoms in total. The van der Waals surface area contributed by atoms with E-state index in [4.69, 9.17) is 10.7 Å². The number of aromatic nitrogens is 2. The van der Waals surface area contributed by atoms with Crippen molar-refractivity contribution in [2.45, 2.75) is 45.1 Å². The molecule has 37 heavy (non-hydrogen) atoms. The van der Waals surface area contributed by atoms with Crippen LogP contribution in [0.5, 0.6) is 0 Å². The number of carbonyl (C=O) groups is 1. The van der Waals surface area contributed by atoms with E-state index in [1.807, 2.05) is 29.0 Å². The third kappa shape index (κ3) is 6.42. The summed E-state index contributed by atoms with van der Waals surface area (Å²) in [6, 6.07) is 17.7. The topological polar surface area (TPSA) is 119 Å². The fraction of sp³-hybridized carbons (Fsp3) is 0.259. The molecule has 0 aliphatic rings. The summed E-state index contributed by atoms with van der Waals surface area (Å²) in [4.78, 5) is 17.1. The van der Waals surface area contributed by atoms with Gasteiger partial charge in [-0.15, -0.1) is 0 Å². The molecule has 2 amide bonds. The molecule has 0 radical (unpaired) electrons. The zero-order valence-corrected chi connectivity index (χ0v) is 21.5. The van der Waals surface area contributed by atoms with Crippen molar-refractivity contribution in [3.63, 3.8) is 0 Å². The Kier molecular flexibility index (Phi) is 9.55. The number of hydrogen-bond acceptors (Lipinski definition) is 5. The molecule has 1 aromatic heterocycles. The van der Waals surface area contributed by atoms with Crippen LogP contribution in [-0.2, 0) is 29.4 Å². The Morgan fingerprint density at radius 3 is 2.24 bits per heavy atom. The van der Waals surface area contributed by atoms with Crippen molar-refractivity contribution in [1.82, 2.24) is 19.6 Å². The van der Waals surface area contributed by atoms with Crippen LogP contribution in [0.3, 0.4) is 0 Å². The summed E-state index contributed by atoms with van der Waals surface area (Å²) in [6.45, 7) is 6.90. The standard InChI is InChI=1S/C27H31N5O3S.Na.H/c1-4-25-30-26-19(3)18(2)5-14-24(26)32(25)22-10-6-20(7-11-22)15-16-29-27(33)31-36(34,35)23-12-8-21(17-28)9-13-23;;/h5-14H,4,15-17,28H2,1-3H3,(H2,29,31,33);;. The molecule has 3 aromatic carbocycles. The summed E-state index contributed by atoms with van der Waals surface area (Å²) >= 11 is 0. The molecule has 0 aliphatic heterocycles. The minimum absolute atomic E-state index is 0. The van der Waals surface area contributed by atoms with Gasteiger partial charge in [-0.3, -0.25) is 4.57 Å². The fourth-order valence-corrected chi connectivity index (χ4v) is 5.03. The number of amides is 2. The third-order valence-corrected chi connectivity index (χ3v) is 7.67. The van der Waals surface area contributed by atoms with Crippen LogP contribution < -0.4 is 15.8 Å². The monoisotopic (exact) mass is 529 g/mol. The zero-order chi connectivity index (χ0) is 25.9. The summed E-state index contributed by atoms with van der Waals surface area (Å²) < 4.78 is 29.0. The zero-order valence-electron chi connectivity index (χ0n) is 20.7. The van der Waals surface area contributed by atoms with Crippen LogP contribution in [0.25, 0.3) is 16.7 Å². The Morgan fingerprint density at radius 1 is 0.973 bits per heavy atom. The van der Waals surface area contributed by atoms with Crippen LogP contribution in [0.15, 0.2) is 65.6 Å². The maximum atomic E-state index is 12.4. The van der Waals surface area contributed by atoms with Gasteiger partial charge in [-0.25, -0.2) is 22.9 Å². The predicted molar refractivity (Wildman–Crippen MR) is 149 cm³/mol. The fourth-order valence-electron chi connectivity index (χ4n) is 4.11. The van der Waals surface area contributed by atoms with Gasteiger partial charge < -0.3 is 11.1 Å². The summed E-state index contributed by atoms with van der Waals surface area (Å²) in [5, 5.41) is 2.61. The van der Waals surface area contributed by atoms with Crippen molar-refractivity contribution in [2.24, 2.45) is 5.73 Å². The van der Waals surface area contributed by atoms with Gasteiger partial charge >= 0.3 is 35.6 Å². The molecule has 0 atom stereocenters. The summed E-state index contributed by atoms with van der Waals surface area (Å²) in [5.74, 6) is 1.00. The summed E-state index contributed by atoms with van der Waals surface area (Å²) in [5.41, 5.74) is 12.9. The SMILES string of the molecule is CCc1nc2c(C)c(C)ccc2n1-c1ccc(CCNC(=O)NS(=O)(=O)c2ccc(CN)cc2)cc1.[NaH]. The Hall–Kier alpha value is -2.69. The van der Waals surface area contributed by atoms with Gasteiger partial charge in [-0.05, 0) is 72.9 Å². The molecule has 4 aromatic rings. The van der Waals surface area contributed by atoms with E-state index in [0.717, 1.165) is 40.1 Å². The molecule has 0 aliphatic carbocycles. The first-order valence-corrected chi connectivity index (χ1v) is 13.4. The van der Waals surface area contributed by atoms with E-state index in [9.17, 15) is 13.2 Å². The van der Waals surface area contributed by atoms with E-state index in [0.29, 0.717) is 19.5 Å². The van der Waals surface area contributed by atoms with Crippen molar-refractivity contribution >= 4 is 56.6 Å². The molecule has 1 heterocycles. The Morgan fingerprint density at radius 2 is 1.62 bits per heavy atom. The second-order valence-corrected chi connectivity index (χ2v) is 10.4. The normalized spacial score (nSPS) is 11.2. The van der Waals surface area contributed by atoms with Crippen LogP contribution in [0, 0.1) is 13.8 Å². The first-order valence-electron chi connectivity index (χ1n) is 11.9. The molecule has 0 unspecified atom stereocenters. The Bertz CT molecular complexity index is 1500. The minimum atomic E-state index is -3.95. The second-order valence-electron chi connectivity index (χ2n) is 8.72. The van der Waals surface area contributed by atoms with Gasteiger partial charge in [-0.1, -0.05) is 37.3 Å². The van der Waals surface area contributed by atoms with Crippen molar-refractivity contribution in [1.29, 1.82) is 0 Å². The number of nitrogens with one attached hydrogen (secondary N) is 2. The molecule has 0 saturated heterocycles. The van der Waals surface area contributed by atoms with Gasteiger partial charge in [0.15, 0.2) is 0 Å². The van der Waals surface area contributed by atoms with Crippen LogP contribution in [0.2, 0.25) is 0 Å². The van der Waals surface area contributed by atoms with Crippen LogP contribution in [-0.4, -0.2) is 60.1 Å². The first-order chi connectivity index (χ1) is 17.2. The molecular formula is C27H32N5NaO3S. The maximum absolute atomic E-state index is 12.4. The van der Waals surface area contributed by atoms with Gasteiger partial charge in [0.25, 0.3) is 10.0 Å². The number of fused-ring (bicyclic) bond motifs is 1. The molecule has 10 heteroatoms. The number of rotatable bonds is 8. The molecule has 0 spiro atoms. The second kappa shape index (κ2) is 12.2. The Balaban J connectivity index is 0.00000380. The summed E-state index contributed by atoms with van der Waals surface area (Å²) in [7, 11) is -3.95. The van der Waals surface area contributed by atoms with E-state index in [-0.39, 0.29) is 34.5 Å². The number of nitrogens with two attached hydrogens (primary N) is 1. The van der Waals surface area contributed by atoms with Crippen LogP contribution in [0.4, 0.5) is 4.79 Å². The third-order valence-electron chi connectivity index (χ3n) is 6.33. The number of imidazole rings is 1. The van der Waals surface area contributed by atoms with E-state index in [2.05, 4.69) is 42.8 Å². The predicted octanol–water partition coefficient (Wildman–Crippen LogP) is 3.25. The van der Waals surface area contributed by atoms with Gasteiger partial charge in [0, 0.05) is 25.2 Å². The van der Waals surface area contributed by atoms with Crippen molar-refractivity contribution in [2.75, 3.05) is 6.54 Å². The molecule has 4 N–H and O–H groups in total. The van der Waals surface area contributed by atoms with Crippen LogP contribution in [0.1, 0.15) is 35.0 Å². The summed E-state index contributed by atoms with van der Waals surface area (Å²) in [6.07, 6.45) is 1.37. The number of urea groups is 1. The number of nitrogens with zero attached hydrogens (tertiary/aromatic N) is 2. The van der Waals surface area contributed by atoms with E-state index >= 15 is 0 Å². The average molecular weight is 530 g/mol. The molecular weight excluding hydrogens is 497 g/mol. The molecule has 0 bridgehead atoms. The Labute approximate surface area is 240 Å². The molecule has 190 valence electrons. The number of carbonyl (C=O) groups excluding carboxylic acids is 1. The quantitative estimate of drug-likeness (QED) is 0.303. The number of aryl methyl sites for hydroxylation is 3. The van der Waals surface area contributed by atoms with Gasteiger partial charge in [0.1, 0.15) is 5.82 Å². The number of sulfonamides is 1. The number of benzene rings is 3. The van der Waals surface area contributed by atoms with Crippen molar-refractivity contribution in [3.8, 4) is 5.69 Å². The first kappa shape index (κ1) is 28.9. The average Bonchev–Trinajstić information content (AvgIpc) is 3.26. The van der Waals surface area contributed by atoms with Gasteiger partial charge in [-0.2, -0.15) is 0 Å². The van der Waals surface area contributed by atoms with E-state index in [1.54, 1.807) is 12.1 Å². The van der Waals surface area contributed by atoms with Gasteiger partial charge in [0.2, 0.25) is 0 Å². The van der Waals surface area contributed by atoms with Crippen molar-refractivity contribution in [3.05, 3.63) is 88.7 Å². The van der Waals surface area contributed by atoms with Crippen molar-refractivity contribution < 1.29 is 13.2 Å².